The number of ether oxygens (including phenoxy) is 1. The van der Waals surface area contributed by atoms with E-state index >= 15 is 0 Å². The lowest BCUT2D eigenvalue weighted by Crippen LogP contribution is -2.02. The van der Waals surface area contributed by atoms with E-state index in [0.717, 1.165) is 24.4 Å². The first kappa shape index (κ1) is 14.9. The Labute approximate surface area is 125 Å². The third-order valence-electron chi connectivity index (χ3n) is 3.17. The molecule has 0 spiro atoms. The molecular formula is C17H19N3O. The molecule has 0 aliphatic carbocycles. The first-order valence-corrected chi connectivity index (χ1v) is 7.03. The molecule has 0 fully saturated rings. The first-order chi connectivity index (χ1) is 10.3. The smallest absolute Gasteiger partial charge is 0.121 e. The van der Waals surface area contributed by atoms with E-state index in [4.69, 9.17) is 10.00 Å². The van der Waals surface area contributed by atoms with Gasteiger partial charge in [-0.05, 0) is 42.7 Å². The molecule has 0 radical (unpaired) electrons. The van der Waals surface area contributed by atoms with E-state index in [9.17, 15) is 0 Å². The number of rotatable bonds is 7. The molecule has 21 heavy (non-hydrogen) atoms. The molecule has 0 atom stereocenters. The van der Waals surface area contributed by atoms with Gasteiger partial charge < -0.3 is 10.1 Å². The minimum absolute atomic E-state index is 0.526. The summed E-state index contributed by atoms with van der Waals surface area (Å²) in [5, 5.41) is 11.9. The lowest BCUT2D eigenvalue weighted by Gasteiger charge is -2.10. The van der Waals surface area contributed by atoms with Crippen LogP contribution in [0.15, 0.2) is 42.7 Å². The Morgan fingerprint density at radius 3 is 3.05 bits per heavy atom. The van der Waals surface area contributed by atoms with E-state index in [0.29, 0.717) is 13.0 Å². The summed E-state index contributed by atoms with van der Waals surface area (Å²) in [6.07, 6.45) is 4.96. The number of hydrogen-bond acceptors (Lipinski definition) is 4. The fraction of sp³-hybridized carbons (Fsp3) is 0.294. The van der Waals surface area contributed by atoms with Crippen LogP contribution in [0.2, 0.25) is 0 Å². The second kappa shape index (κ2) is 7.91. The Morgan fingerprint density at radius 2 is 2.24 bits per heavy atom. The van der Waals surface area contributed by atoms with Crippen LogP contribution in [0.3, 0.4) is 0 Å². The number of nitrogens with zero attached hydrogens (tertiary/aromatic N) is 2. The van der Waals surface area contributed by atoms with Crippen molar-refractivity contribution in [3.63, 3.8) is 0 Å². The van der Waals surface area contributed by atoms with Crippen LogP contribution in [0, 0.1) is 18.3 Å². The highest BCUT2D eigenvalue weighted by molar-refractivity contribution is 5.48. The van der Waals surface area contributed by atoms with Gasteiger partial charge in [-0.25, -0.2) is 0 Å². The largest absolute Gasteiger partial charge is 0.493 e. The van der Waals surface area contributed by atoms with Crippen LogP contribution in [0.5, 0.6) is 5.75 Å². The van der Waals surface area contributed by atoms with Crippen molar-refractivity contribution in [2.75, 3.05) is 11.9 Å². The van der Waals surface area contributed by atoms with Crippen LogP contribution in [-0.2, 0) is 6.54 Å². The summed E-state index contributed by atoms with van der Waals surface area (Å²) in [5.41, 5.74) is 3.41. The topological polar surface area (TPSA) is 57.9 Å². The number of anilines is 1. The first-order valence-electron chi connectivity index (χ1n) is 7.03. The molecule has 1 aromatic heterocycles. The summed E-state index contributed by atoms with van der Waals surface area (Å²) < 4.78 is 5.62. The van der Waals surface area contributed by atoms with Crippen LogP contribution in [-0.4, -0.2) is 11.6 Å². The van der Waals surface area contributed by atoms with Crippen LogP contribution in [0.4, 0.5) is 5.69 Å². The molecule has 0 bridgehead atoms. The summed E-state index contributed by atoms with van der Waals surface area (Å²) >= 11 is 0. The van der Waals surface area contributed by atoms with Crippen molar-refractivity contribution in [3.8, 4) is 11.8 Å². The molecule has 4 nitrogen and oxygen atoms in total. The molecule has 0 saturated carbocycles. The van der Waals surface area contributed by atoms with Gasteiger partial charge in [-0.3, -0.25) is 4.98 Å². The van der Waals surface area contributed by atoms with E-state index in [1.54, 1.807) is 6.20 Å². The van der Waals surface area contributed by atoms with Gasteiger partial charge in [-0.2, -0.15) is 5.26 Å². The SMILES string of the molecule is Cc1ccncc1CNc1cccc(OCCCC#N)c1. The molecule has 4 heteroatoms. The zero-order valence-electron chi connectivity index (χ0n) is 12.2. The molecule has 108 valence electrons. The lowest BCUT2D eigenvalue weighted by molar-refractivity contribution is 0.313. The molecule has 1 heterocycles. The number of nitrogens with one attached hydrogen (secondary N) is 1. The van der Waals surface area contributed by atoms with Gasteiger partial charge in [0.15, 0.2) is 0 Å². The maximum atomic E-state index is 8.49. The highest BCUT2D eigenvalue weighted by atomic mass is 16.5. The Balaban J connectivity index is 1.89. The highest BCUT2D eigenvalue weighted by Gasteiger charge is 2.00. The number of aryl methyl sites for hydroxylation is 1. The van der Waals surface area contributed by atoms with Crippen molar-refractivity contribution in [3.05, 3.63) is 53.9 Å². The lowest BCUT2D eigenvalue weighted by atomic mass is 10.1. The van der Waals surface area contributed by atoms with Crippen LogP contribution < -0.4 is 10.1 Å². The quantitative estimate of drug-likeness (QED) is 0.786. The normalized spacial score (nSPS) is 9.90. The minimum atomic E-state index is 0.526. The van der Waals surface area contributed by atoms with E-state index < -0.39 is 0 Å². The summed E-state index contributed by atoms with van der Waals surface area (Å²) in [5.74, 6) is 0.820. The Morgan fingerprint density at radius 1 is 1.33 bits per heavy atom. The van der Waals surface area contributed by atoms with Crippen LogP contribution in [0.25, 0.3) is 0 Å². The third-order valence-corrected chi connectivity index (χ3v) is 3.17. The summed E-state index contributed by atoms with van der Waals surface area (Å²) in [6, 6.07) is 12.0. The van der Waals surface area contributed by atoms with Gasteiger partial charge in [-0.1, -0.05) is 6.07 Å². The maximum absolute atomic E-state index is 8.49. The Hall–Kier alpha value is -2.54. The van der Waals surface area contributed by atoms with E-state index in [1.807, 2.05) is 36.5 Å². The van der Waals surface area contributed by atoms with Gasteiger partial charge in [0.2, 0.25) is 0 Å². The fourth-order valence-electron chi connectivity index (χ4n) is 1.92. The van der Waals surface area contributed by atoms with E-state index in [1.165, 1.54) is 11.1 Å². The van der Waals surface area contributed by atoms with Gasteiger partial charge >= 0.3 is 0 Å². The number of pyridine rings is 1. The molecule has 0 amide bonds. The Bertz CT molecular complexity index is 619. The number of nitriles is 1. The molecule has 1 aromatic carbocycles. The molecule has 0 aliphatic heterocycles. The molecular weight excluding hydrogens is 262 g/mol. The van der Waals surface area contributed by atoms with Crippen LogP contribution >= 0.6 is 0 Å². The monoisotopic (exact) mass is 281 g/mol. The summed E-state index contributed by atoms with van der Waals surface area (Å²) in [6.45, 7) is 3.38. The predicted molar refractivity (Wildman–Crippen MR) is 83.1 cm³/mol. The fourth-order valence-corrected chi connectivity index (χ4v) is 1.92. The van der Waals surface area contributed by atoms with E-state index in [2.05, 4.69) is 23.3 Å². The second-order valence-corrected chi connectivity index (χ2v) is 4.79. The van der Waals surface area contributed by atoms with Gasteiger partial charge in [0.25, 0.3) is 0 Å². The second-order valence-electron chi connectivity index (χ2n) is 4.79. The molecule has 0 saturated heterocycles. The number of benzene rings is 1. The molecule has 2 rings (SSSR count). The summed E-state index contributed by atoms with van der Waals surface area (Å²) in [7, 11) is 0. The van der Waals surface area contributed by atoms with Crippen molar-refractivity contribution in [1.29, 1.82) is 5.26 Å². The molecule has 1 N–H and O–H groups in total. The molecule has 0 aliphatic rings. The highest BCUT2D eigenvalue weighted by Crippen LogP contribution is 2.18. The standard InChI is InChI=1S/C17H19N3O/c1-14-7-9-19-12-15(14)13-20-16-5-4-6-17(11-16)21-10-3-2-8-18/h4-7,9,11-12,20H,2-3,10,13H2,1H3. The van der Waals surface area contributed by atoms with Gasteiger partial charge in [-0.15, -0.1) is 0 Å². The molecule has 2 aromatic rings. The van der Waals surface area contributed by atoms with Crippen molar-refractivity contribution in [1.82, 2.24) is 4.98 Å². The molecule has 0 unspecified atom stereocenters. The number of aromatic nitrogens is 1. The van der Waals surface area contributed by atoms with Crippen molar-refractivity contribution >= 4 is 5.69 Å². The Kier molecular flexibility index (Phi) is 5.60. The number of hydrogen-bond donors (Lipinski definition) is 1. The van der Waals surface area contributed by atoms with Crippen molar-refractivity contribution < 1.29 is 4.74 Å². The van der Waals surface area contributed by atoms with Gasteiger partial charge in [0.1, 0.15) is 5.75 Å². The van der Waals surface area contributed by atoms with Gasteiger partial charge in [0, 0.05) is 37.1 Å². The van der Waals surface area contributed by atoms with Gasteiger partial charge in [0.05, 0.1) is 12.7 Å². The van der Waals surface area contributed by atoms with Crippen molar-refractivity contribution in [2.45, 2.75) is 26.3 Å². The average Bonchev–Trinajstić information content (AvgIpc) is 2.51. The zero-order valence-corrected chi connectivity index (χ0v) is 12.2. The summed E-state index contributed by atoms with van der Waals surface area (Å²) in [4.78, 5) is 4.14. The minimum Gasteiger partial charge on any atom is -0.493 e. The average molecular weight is 281 g/mol. The van der Waals surface area contributed by atoms with Crippen molar-refractivity contribution in [2.24, 2.45) is 0 Å². The maximum Gasteiger partial charge on any atom is 0.121 e. The predicted octanol–water partition coefficient (Wildman–Crippen LogP) is 3.68. The van der Waals surface area contributed by atoms with E-state index in [-0.39, 0.29) is 0 Å². The zero-order chi connectivity index (χ0) is 14.9. The third kappa shape index (κ3) is 4.81. The van der Waals surface area contributed by atoms with Crippen LogP contribution in [0.1, 0.15) is 24.0 Å². The number of unbranched alkanes of at least 4 members (excludes halogenated alkanes) is 1.